The Hall–Kier alpha value is -0.440. The summed E-state index contributed by atoms with van der Waals surface area (Å²) in [5.74, 6) is 0. The highest BCUT2D eigenvalue weighted by Crippen LogP contribution is 2.23. The highest BCUT2D eigenvalue weighted by Gasteiger charge is 2.45. The maximum Gasteiger partial charge on any atom is 0.176 e. The van der Waals surface area contributed by atoms with E-state index in [-0.39, 0.29) is 6.54 Å². The molecule has 0 saturated carbocycles. The highest BCUT2D eigenvalue weighted by molar-refractivity contribution is 4.94. The molecule has 9 atom stereocenters. The molecule has 1 rings (SSSR count). The van der Waals surface area contributed by atoms with Crippen molar-refractivity contribution in [2.75, 3.05) is 19.8 Å². The van der Waals surface area contributed by atoms with Gasteiger partial charge in [0.25, 0.3) is 0 Å². The molecule has 0 bridgehead atoms. The van der Waals surface area contributed by atoms with Crippen molar-refractivity contribution < 1.29 is 40.1 Å². The molecule has 0 aliphatic carbocycles. The molecule has 1 aliphatic rings. The SMILES string of the molecule is NC[C@H](O)[C@H](O[C@H]1O[C@H](CO)[C@@H](O)[C@H](O)[C@H]1N)[C@H](N)[C@H](O)CO. The normalized spacial score (nSPS) is 37.2. The summed E-state index contributed by atoms with van der Waals surface area (Å²) in [4.78, 5) is 0. The third kappa shape index (κ3) is 4.78. The minimum atomic E-state index is -1.44. The van der Waals surface area contributed by atoms with Crippen LogP contribution in [0.1, 0.15) is 0 Å². The predicted octanol–water partition coefficient (Wildman–Crippen LogP) is -5.86. The molecular weight excluding hydrogens is 314 g/mol. The van der Waals surface area contributed by atoms with E-state index in [0.29, 0.717) is 0 Å². The van der Waals surface area contributed by atoms with Crippen molar-refractivity contribution in [3.05, 3.63) is 0 Å². The van der Waals surface area contributed by atoms with Gasteiger partial charge in [-0.1, -0.05) is 0 Å². The molecule has 0 aromatic carbocycles. The van der Waals surface area contributed by atoms with Crippen LogP contribution in [0.15, 0.2) is 0 Å². The molecule has 12 N–H and O–H groups in total. The van der Waals surface area contributed by atoms with Gasteiger partial charge < -0.3 is 57.3 Å². The molecule has 1 fully saturated rings. The zero-order valence-electron chi connectivity index (χ0n) is 12.5. The zero-order chi connectivity index (χ0) is 17.7. The van der Waals surface area contributed by atoms with Gasteiger partial charge in [-0.05, 0) is 0 Å². The molecule has 0 aromatic heterocycles. The lowest BCUT2D eigenvalue weighted by Gasteiger charge is -2.43. The van der Waals surface area contributed by atoms with Gasteiger partial charge in [0.2, 0.25) is 0 Å². The predicted molar refractivity (Wildman–Crippen MR) is 76.7 cm³/mol. The fraction of sp³-hybridized carbons (Fsp3) is 1.00. The van der Waals surface area contributed by atoms with E-state index in [9.17, 15) is 20.4 Å². The smallest absolute Gasteiger partial charge is 0.176 e. The molecule has 0 radical (unpaired) electrons. The monoisotopic (exact) mass is 341 g/mol. The molecule has 23 heavy (non-hydrogen) atoms. The van der Waals surface area contributed by atoms with Crippen LogP contribution in [0.25, 0.3) is 0 Å². The number of nitrogens with two attached hydrogens (primary N) is 3. The topological polar surface area (TPSA) is 218 Å². The van der Waals surface area contributed by atoms with Gasteiger partial charge in [-0.2, -0.15) is 0 Å². The van der Waals surface area contributed by atoms with Gasteiger partial charge in [-0.15, -0.1) is 0 Å². The Kier molecular flexibility index (Phi) is 8.20. The first-order valence-electron chi connectivity index (χ1n) is 7.24. The summed E-state index contributed by atoms with van der Waals surface area (Å²) in [5.41, 5.74) is 16.8. The van der Waals surface area contributed by atoms with Crippen LogP contribution in [0.4, 0.5) is 0 Å². The van der Waals surface area contributed by atoms with Crippen LogP contribution < -0.4 is 17.2 Å². The molecular formula is C12H27N3O8. The van der Waals surface area contributed by atoms with Crippen LogP contribution in [0, 0.1) is 0 Å². The lowest BCUT2D eigenvalue weighted by Crippen LogP contribution is -2.65. The molecule has 0 spiro atoms. The van der Waals surface area contributed by atoms with Gasteiger partial charge in [0, 0.05) is 6.54 Å². The van der Waals surface area contributed by atoms with Crippen LogP contribution >= 0.6 is 0 Å². The van der Waals surface area contributed by atoms with Crippen molar-refractivity contribution in [2.24, 2.45) is 17.2 Å². The van der Waals surface area contributed by atoms with Crippen molar-refractivity contribution >= 4 is 0 Å². The second kappa shape index (κ2) is 9.15. The average Bonchev–Trinajstić information content (AvgIpc) is 2.57. The second-order valence-electron chi connectivity index (χ2n) is 5.52. The zero-order valence-corrected chi connectivity index (χ0v) is 12.5. The van der Waals surface area contributed by atoms with E-state index in [4.69, 9.17) is 36.9 Å². The third-order valence-corrected chi connectivity index (χ3v) is 3.85. The molecule has 0 unspecified atom stereocenters. The maximum absolute atomic E-state index is 9.91. The summed E-state index contributed by atoms with van der Waals surface area (Å²) in [5, 5.41) is 57.2. The number of hydrogen-bond acceptors (Lipinski definition) is 11. The molecule has 1 aliphatic heterocycles. The van der Waals surface area contributed by atoms with Crippen LogP contribution in [0.3, 0.4) is 0 Å². The van der Waals surface area contributed by atoms with Gasteiger partial charge >= 0.3 is 0 Å². The van der Waals surface area contributed by atoms with E-state index >= 15 is 0 Å². The van der Waals surface area contributed by atoms with Crippen LogP contribution in [0.2, 0.25) is 0 Å². The molecule has 11 nitrogen and oxygen atoms in total. The number of ether oxygens (including phenoxy) is 2. The molecule has 138 valence electrons. The fourth-order valence-corrected chi connectivity index (χ4v) is 2.29. The van der Waals surface area contributed by atoms with Crippen molar-refractivity contribution in [3.63, 3.8) is 0 Å². The number of rotatable bonds is 8. The number of aliphatic hydroxyl groups is 6. The van der Waals surface area contributed by atoms with Crippen LogP contribution in [-0.2, 0) is 9.47 Å². The quantitative estimate of drug-likeness (QED) is 0.202. The van der Waals surface area contributed by atoms with Crippen molar-refractivity contribution in [1.29, 1.82) is 0 Å². The Morgan fingerprint density at radius 2 is 1.70 bits per heavy atom. The van der Waals surface area contributed by atoms with Gasteiger partial charge in [-0.3, -0.25) is 0 Å². The minimum Gasteiger partial charge on any atom is -0.394 e. The van der Waals surface area contributed by atoms with E-state index in [1.807, 2.05) is 0 Å². The molecule has 0 amide bonds. The lowest BCUT2D eigenvalue weighted by atomic mass is 9.96. The van der Waals surface area contributed by atoms with Crippen LogP contribution in [0.5, 0.6) is 0 Å². The largest absolute Gasteiger partial charge is 0.394 e. The Balaban J connectivity index is 2.89. The van der Waals surface area contributed by atoms with Crippen molar-refractivity contribution in [3.8, 4) is 0 Å². The molecule has 1 saturated heterocycles. The van der Waals surface area contributed by atoms with E-state index < -0.39 is 68.2 Å². The number of aliphatic hydroxyl groups excluding tert-OH is 6. The van der Waals surface area contributed by atoms with Gasteiger partial charge in [0.15, 0.2) is 6.29 Å². The minimum absolute atomic E-state index is 0.257. The van der Waals surface area contributed by atoms with E-state index in [1.165, 1.54) is 0 Å². The molecule has 11 heteroatoms. The highest BCUT2D eigenvalue weighted by atomic mass is 16.7. The van der Waals surface area contributed by atoms with E-state index in [1.54, 1.807) is 0 Å². The third-order valence-electron chi connectivity index (χ3n) is 3.85. The second-order valence-corrected chi connectivity index (χ2v) is 5.52. The molecule has 1 heterocycles. The van der Waals surface area contributed by atoms with E-state index in [0.717, 1.165) is 0 Å². The lowest BCUT2D eigenvalue weighted by molar-refractivity contribution is -0.288. The first kappa shape index (κ1) is 20.6. The summed E-state index contributed by atoms with van der Waals surface area (Å²) >= 11 is 0. The summed E-state index contributed by atoms with van der Waals surface area (Å²) in [6.45, 7) is -1.52. The Morgan fingerprint density at radius 1 is 1.09 bits per heavy atom. The Labute approximate surface area is 133 Å². The van der Waals surface area contributed by atoms with Crippen LogP contribution in [-0.4, -0.2) is 105 Å². The van der Waals surface area contributed by atoms with Crippen molar-refractivity contribution in [1.82, 2.24) is 0 Å². The summed E-state index contributed by atoms with van der Waals surface area (Å²) < 4.78 is 10.7. The van der Waals surface area contributed by atoms with Gasteiger partial charge in [-0.25, -0.2) is 0 Å². The van der Waals surface area contributed by atoms with E-state index in [2.05, 4.69) is 0 Å². The summed E-state index contributed by atoms with van der Waals surface area (Å²) in [6, 6.07) is -2.41. The number of hydrogen-bond donors (Lipinski definition) is 9. The Morgan fingerprint density at radius 3 is 2.17 bits per heavy atom. The molecule has 0 aromatic rings. The summed E-state index contributed by atoms with van der Waals surface area (Å²) in [7, 11) is 0. The first-order chi connectivity index (χ1) is 10.8. The van der Waals surface area contributed by atoms with Gasteiger partial charge in [0.05, 0.1) is 37.5 Å². The fourth-order valence-electron chi connectivity index (χ4n) is 2.29. The summed E-state index contributed by atoms with van der Waals surface area (Å²) in [6.07, 6.45) is -9.30. The average molecular weight is 341 g/mol. The standard InChI is InChI=1S/C12H27N3O8/c13-1-4(18)11(7(14)5(19)2-16)23-12-8(15)10(21)9(20)6(3-17)22-12/h4-12,16-21H,1-3,13-15H2/t4-,5+,6+,7+,8+,9+,10+,11-,12+/m0/s1. The first-order valence-corrected chi connectivity index (χ1v) is 7.24. The van der Waals surface area contributed by atoms with Gasteiger partial charge in [0.1, 0.15) is 24.4 Å². The maximum atomic E-state index is 9.91. The van der Waals surface area contributed by atoms with Crippen molar-refractivity contribution in [2.45, 2.75) is 55.0 Å². The Bertz CT molecular complexity index is 350.